The predicted molar refractivity (Wildman–Crippen MR) is 85.4 cm³/mol. The summed E-state index contributed by atoms with van der Waals surface area (Å²) in [7, 11) is 0. The van der Waals surface area contributed by atoms with Crippen molar-refractivity contribution in [3.63, 3.8) is 0 Å². The first-order valence-corrected chi connectivity index (χ1v) is 7.57. The molecule has 0 N–H and O–H groups in total. The van der Waals surface area contributed by atoms with Gasteiger partial charge in [0.05, 0.1) is 21.7 Å². The van der Waals surface area contributed by atoms with Gasteiger partial charge in [-0.3, -0.25) is 0 Å². The van der Waals surface area contributed by atoms with Crippen molar-refractivity contribution in [2.75, 3.05) is 0 Å². The molecule has 21 heavy (non-hydrogen) atoms. The molecule has 0 saturated heterocycles. The smallest absolute Gasteiger partial charge is 0.137 e. The number of aromatic nitrogens is 2. The monoisotopic (exact) mass is 364 g/mol. The highest BCUT2D eigenvalue weighted by Crippen LogP contribution is 2.30. The molecule has 0 aliphatic rings. The van der Waals surface area contributed by atoms with E-state index in [1.807, 2.05) is 36.5 Å². The van der Waals surface area contributed by atoms with Crippen LogP contribution in [0.3, 0.4) is 0 Å². The zero-order valence-corrected chi connectivity index (χ0v) is 13.2. The van der Waals surface area contributed by atoms with Crippen LogP contribution in [0, 0.1) is 5.82 Å². The molecule has 2 nitrogen and oxygen atoms in total. The standard InChI is InChI=1S/C16H11BrClFN2/c17-14-7-6-11(8-15(14)19)16(18)12-9-20-21(10-12)13-4-2-1-3-5-13/h1-10,16H. The lowest BCUT2D eigenvalue weighted by atomic mass is 10.1. The van der Waals surface area contributed by atoms with E-state index in [0.717, 1.165) is 11.3 Å². The molecule has 0 amide bonds. The summed E-state index contributed by atoms with van der Waals surface area (Å²) in [6, 6.07) is 14.6. The molecule has 2 aromatic carbocycles. The fraction of sp³-hybridized carbons (Fsp3) is 0.0625. The average Bonchev–Trinajstić information content (AvgIpc) is 3.00. The normalized spacial score (nSPS) is 12.3. The molecule has 1 aromatic heterocycles. The number of hydrogen-bond donors (Lipinski definition) is 0. The first-order valence-electron chi connectivity index (χ1n) is 6.34. The summed E-state index contributed by atoms with van der Waals surface area (Å²) >= 11 is 9.56. The van der Waals surface area contributed by atoms with Gasteiger partial charge in [-0.2, -0.15) is 5.10 Å². The lowest BCUT2D eigenvalue weighted by molar-refractivity contribution is 0.619. The van der Waals surface area contributed by atoms with Crippen LogP contribution in [0.15, 0.2) is 65.4 Å². The summed E-state index contributed by atoms with van der Waals surface area (Å²) in [6.07, 6.45) is 3.55. The molecular formula is C16H11BrClFN2. The first kappa shape index (κ1) is 14.3. The third kappa shape index (κ3) is 3.01. The van der Waals surface area contributed by atoms with E-state index in [4.69, 9.17) is 11.6 Å². The summed E-state index contributed by atoms with van der Waals surface area (Å²) in [5.41, 5.74) is 2.47. The van der Waals surface area contributed by atoms with E-state index >= 15 is 0 Å². The van der Waals surface area contributed by atoms with Crippen LogP contribution in [-0.4, -0.2) is 9.78 Å². The maximum atomic E-state index is 13.6. The Morgan fingerprint density at radius 2 is 1.86 bits per heavy atom. The highest BCUT2D eigenvalue weighted by Gasteiger charge is 2.15. The Morgan fingerprint density at radius 1 is 1.10 bits per heavy atom. The van der Waals surface area contributed by atoms with E-state index in [1.165, 1.54) is 6.07 Å². The van der Waals surface area contributed by atoms with Crippen molar-refractivity contribution < 1.29 is 4.39 Å². The fourth-order valence-corrected chi connectivity index (χ4v) is 2.55. The van der Waals surface area contributed by atoms with Gasteiger partial charge in [-0.1, -0.05) is 24.3 Å². The van der Waals surface area contributed by atoms with Crippen molar-refractivity contribution in [2.45, 2.75) is 5.38 Å². The number of para-hydroxylation sites is 1. The van der Waals surface area contributed by atoms with Crippen molar-refractivity contribution in [1.82, 2.24) is 9.78 Å². The van der Waals surface area contributed by atoms with Gasteiger partial charge in [0.25, 0.3) is 0 Å². The number of benzene rings is 2. The Kier molecular flexibility index (Phi) is 4.08. The molecule has 0 spiro atoms. The second-order valence-electron chi connectivity index (χ2n) is 4.59. The van der Waals surface area contributed by atoms with Gasteiger partial charge in [-0.05, 0) is 45.8 Å². The minimum Gasteiger partial charge on any atom is -0.241 e. The molecule has 0 aliphatic carbocycles. The van der Waals surface area contributed by atoms with Gasteiger partial charge in [-0.15, -0.1) is 11.6 Å². The summed E-state index contributed by atoms with van der Waals surface area (Å²) in [5.74, 6) is -0.325. The molecule has 0 radical (unpaired) electrons. The van der Waals surface area contributed by atoms with Crippen LogP contribution in [0.2, 0.25) is 0 Å². The zero-order chi connectivity index (χ0) is 14.8. The fourth-order valence-electron chi connectivity index (χ4n) is 2.05. The maximum absolute atomic E-state index is 13.6. The molecule has 1 atom stereocenters. The minimum absolute atomic E-state index is 0.325. The van der Waals surface area contributed by atoms with Crippen LogP contribution in [0.5, 0.6) is 0 Å². The minimum atomic E-state index is -0.440. The summed E-state index contributed by atoms with van der Waals surface area (Å²) in [4.78, 5) is 0. The number of alkyl halides is 1. The maximum Gasteiger partial charge on any atom is 0.137 e. The number of hydrogen-bond acceptors (Lipinski definition) is 1. The zero-order valence-electron chi connectivity index (χ0n) is 10.9. The van der Waals surface area contributed by atoms with Gasteiger partial charge in [0.2, 0.25) is 0 Å². The van der Waals surface area contributed by atoms with Crippen LogP contribution in [0.1, 0.15) is 16.5 Å². The first-order chi connectivity index (χ1) is 10.1. The van der Waals surface area contributed by atoms with Crippen LogP contribution in [-0.2, 0) is 0 Å². The SMILES string of the molecule is Fc1cc(C(Cl)c2cnn(-c3ccccc3)c2)ccc1Br. The molecule has 0 aliphatic heterocycles. The summed E-state index contributed by atoms with van der Waals surface area (Å²) in [6.45, 7) is 0. The van der Waals surface area contributed by atoms with Crippen LogP contribution >= 0.6 is 27.5 Å². The Bertz CT molecular complexity index is 758. The Balaban J connectivity index is 1.90. The second-order valence-corrected chi connectivity index (χ2v) is 5.88. The highest BCUT2D eigenvalue weighted by atomic mass is 79.9. The average molecular weight is 366 g/mol. The molecule has 5 heteroatoms. The van der Waals surface area contributed by atoms with E-state index in [1.54, 1.807) is 23.0 Å². The van der Waals surface area contributed by atoms with Gasteiger partial charge in [0, 0.05) is 11.8 Å². The van der Waals surface area contributed by atoms with Crippen molar-refractivity contribution >= 4 is 27.5 Å². The van der Waals surface area contributed by atoms with Crippen molar-refractivity contribution in [3.8, 4) is 5.69 Å². The molecule has 0 bridgehead atoms. The van der Waals surface area contributed by atoms with Crippen molar-refractivity contribution in [2.24, 2.45) is 0 Å². The molecule has 0 saturated carbocycles. The third-order valence-electron chi connectivity index (χ3n) is 3.15. The van der Waals surface area contributed by atoms with E-state index in [0.29, 0.717) is 10.0 Å². The van der Waals surface area contributed by atoms with Gasteiger partial charge in [0.15, 0.2) is 0 Å². The number of rotatable bonds is 3. The quantitative estimate of drug-likeness (QED) is 0.590. The number of halogens is 3. The lowest BCUT2D eigenvalue weighted by Gasteiger charge is -2.08. The molecule has 1 unspecified atom stereocenters. The molecule has 1 heterocycles. The van der Waals surface area contributed by atoms with E-state index in [9.17, 15) is 4.39 Å². The van der Waals surface area contributed by atoms with Gasteiger partial charge in [0.1, 0.15) is 5.82 Å². The Labute approximate surface area is 135 Å². The van der Waals surface area contributed by atoms with Crippen molar-refractivity contribution in [1.29, 1.82) is 0 Å². The van der Waals surface area contributed by atoms with Gasteiger partial charge in [-0.25, -0.2) is 9.07 Å². The van der Waals surface area contributed by atoms with Crippen molar-refractivity contribution in [3.05, 3.63) is 82.3 Å². The third-order valence-corrected chi connectivity index (χ3v) is 4.30. The van der Waals surface area contributed by atoms with Gasteiger partial charge >= 0.3 is 0 Å². The topological polar surface area (TPSA) is 17.8 Å². The Morgan fingerprint density at radius 3 is 2.57 bits per heavy atom. The summed E-state index contributed by atoms with van der Waals surface area (Å²) in [5, 5.41) is 3.86. The molecular weight excluding hydrogens is 355 g/mol. The predicted octanol–water partition coefficient (Wildman–Crippen LogP) is 5.10. The van der Waals surface area contributed by atoms with Gasteiger partial charge < -0.3 is 0 Å². The highest BCUT2D eigenvalue weighted by molar-refractivity contribution is 9.10. The van der Waals surface area contributed by atoms with E-state index in [-0.39, 0.29) is 5.82 Å². The molecule has 0 fully saturated rings. The summed E-state index contributed by atoms with van der Waals surface area (Å²) < 4.78 is 15.8. The van der Waals surface area contributed by atoms with E-state index < -0.39 is 5.38 Å². The van der Waals surface area contributed by atoms with E-state index in [2.05, 4.69) is 21.0 Å². The van der Waals surface area contributed by atoms with Crippen LogP contribution in [0.4, 0.5) is 4.39 Å². The lowest BCUT2D eigenvalue weighted by Crippen LogP contribution is -1.95. The molecule has 3 aromatic rings. The number of nitrogens with zero attached hydrogens (tertiary/aromatic N) is 2. The largest absolute Gasteiger partial charge is 0.241 e. The molecule has 106 valence electrons. The van der Waals surface area contributed by atoms with Crippen LogP contribution < -0.4 is 0 Å². The molecule has 3 rings (SSSR count). The second kappa shape index (κ2) is 6.00. The van der Waals surface area contributed by atoms with Crippen LogP contribution in [0.25, 0.3) is 5.69 Å². The Hall–Kier alpha value is -1.65.